The monoisotopic (exact) mass is 297 g/mol. The lowest BCUT2D eigenvalue weighted by atomic mass is 10.1. The Bertz CT molecular complexity index is 428. The van der Waals surface area contributed by atoms with Gasteiger partial charge in [0.15, 0.2) is 0 Å². The largest absolute Gasteiger partial charge is 0.360 e. The van der Waals surface area contributed by atoms with Gasteiger partial charge in [0.2, 0.25) is 11.0 Å². The lowest BCUT2D eigenvalue weighted by Gasteiger charge is -2.31. The number of likely N-dealkylation sites (tertiary alicyclic amines) is 1. The summed E-state index contributed by atoms with van der Waals surface area (Å²) in [5.41, 5.74) is 0. The Morgan fingerprint density at radius 2 is 2.15 bits per heavy atom. The lowest BCUT2D eigenvalue weighted by Crippen LogP contribution is -2.43. The number of aromatic nitrogens is 2. The van der Waals surface area contributed by atoms with E-state index in [1.54, 1.807) is 18.3 Å². The van der Waals surface area contributed by atoms with E-state index in [2.05, 4.69) is 32.7 Å². The zero-order valence-corrected chi connectivity index (χ0v) is 13.0. The molecule has 1 amide bonds. The Kier molecular flexibility index (Phi) is 5.72. The third-order valence-corrected chi connectivity index (χ3v) is 4.21. The van der Waals surface area contributed by atoms with Gasteiger partial charge in [0, 0.05) is 32.6 Å². The van der Waals surface area contributed by atoms with E-state index in [1.165, 1.54) is 0 Å². The molecule has 0 bridgehead atoms. The number of rotatable bonds is 6. The van der Waals surface area contributed by atoms with Gasteiger partial charge in [-0.05, 0) is 19.3 Å². The predicted octanol–water partition coefficient (Wildman–Crippen LogP) is 1.46. The Morgan fingerprint density at radius 3 is 2.80 bits per heavy atom. The SMILES string of the molecule is CCCNc1nnc(CN2CCC(NC(C)=O)CC2)s1. The van der Waals surface area contributed by atoms with Crippen molar-refractivity contribution in [2.45, 2.75) is 45.7 Å². The zero-order valence-electron chi connectivity index (χ0n) is 12.2. The van der Waals surface area contributed by atoms with Crippen LogP contribution in [-0.4, -0.2) is 46.7 Å². The second-order valence-corrected chi connectivity index (χ2v) is 6.24. The fourth-order valence-corrected chi connectivity index (χ4v) is 3.14. The maximum Gasteiger partial charge on any atom is 0.217 e. The van der Waals surface area contributed by atoms with Crippen LogP contribution in [0.15, 0.2) is 0 Å². The third-order valence-electron chi connectivity index (χ3n) is 3.35. The van der Waals surface area contributed by atoms with E-state index in [0.29, 0.717) is 6.04 Å². The first-order valence-corrected chi connectivity index (χ1v) is 8.04. The molecule has 6 nitrogen and oxygen atoms in total. The smallest absolute Gasteiger partial charge is 0.217 e. The van der Waals surface area contributed by atoms with E-state index in [1.807, 2.05) is 0 Å². The average Bonchev–Trinajstić information content (AvgIpc) is 2.86. The van der Waals surface area contributed by atoms with Crippen molar-refractivity contribution in [3.8, 4) is 0 Å². The van der Waals surface area contributed by atoms with Gasteiger partial charge in [0.25, 0.3) is 0 Å². The highest BCUT2D eigenvalue weighted by molar-refractivity contribution is 7.15. The predicted molar refractivity (Wildman–Crippen MR) is 80.8 cm³/mol. The van der Waals surface area contributed by atoms with Gasteiger partial charge in [-0.15, -0.1) is 10.2 Å². The highest BCUT2D eigenvalue weighted by atomic mass is 32.1. The van der Waals surface area contributed by atoms with Crippen LogP contribution in [0, 0.1) is 0 Å². The molecule has 1 saturated heterocycles. The molecule has 7 heteroatoms. The van der Waals surface area contributed by atoms with Crippen LogP contribution in [0.1, 0.15) is 38.1 Å². The van der Waals surface area contributed by atoms with Gasteiger partial charge < -0.3 is 10.6 Å². The molecule has 1 aromatic rings. The summed E-state index contributed by atoms with van der Waals surface area (Å²) >= 11 is 1.63. The Balaban J connectivity index is 1.74. The minimum atomic E-state index is 0.0687. The molecule has 0 spiro atoms. The molecular formula is C13H23N5OS. The van der Waals surface area contributed by atoms with E-state index >= 15 is 0 Å². The number of amides is 1. The van der Waals surface area contributed by atoms with E-state index in [4.69, 9.17) is 0 Å². The maximum absolute atomic E-state index is 11.0. The quantitative estimate of drug-likeness (QED) is 0.832. The van der Waals surface area contributed by atoms with Crippen molar-refractivity contribution < 1.29 is 4.79 Å². The molecule has 0 radical (unpaired) electrons. The van der Waals surface area contributed by atoms with Crippen molar-refractivity contribution in [2.24, 2.45) is 0 Å². The van der Waals surface area contributed by atoms with Gasteiger partial charge in [-0.25, -0.2) is 0 Å². The van der Waals surface area contributed by atoms with Crippen LogP contribution in [-0.2, 0) is 11.3 Å². The molecule has 0 atom stereocenters. The highest BCUT2D eigenvalue weighted by Gasteiger charge is 2.20. The number of nitrogens with one attached hydrogen (secondary N) is 2. The van der Waals surface area contributed by atoms with Gasteiger partial charge in [-0.1, -0.05) is 18.3 Å². The molecular weight excluding hydrogens is 274 g/mol. The second kappa shape index (κ2) is 7.54. The van der Waals surface area contributed by atoms with Crippen molar-refractivity contribution in [3.63, 3.8) is 0 Å². The molecule has 0 saturated carbocycles. The van der Waals surface area contributed by atoms with Crippen LogP contribution in [0.3, 0.4) is 0 Å². The van der Waals surface area contributed by atoms with Crippen molar-refractivity contribution in [3.05, 3.63) is 5.01 Å². The van der Waals surface area contributed by atoms with Crippen LogP contribution in [0.25, 0.3) is 0 Å². The van der Waals surface area contributed by atoms with Crippen LogP contribution < -0.4 is 10.6 Å². The Hall–Kier alpha value is -1.21. The summed E-state index contributed by atoms with van der Waals surface area (Å²) < 4.78 is 0. The van der Waals surface area contributed by atoms with Gasteiger partial charge in [0.05, 0.1) is 6.54 Å². The number of piperidine rings is 1. The summed E-state index contributed by atoms with van der Waals surface area (Å²) in [5.74, 6) is 0.0687. The van der Waals surface area contributed by atoms with Crippen molar-refractivity contribution in [1.82, 2.24) is 20.4 Å². The van der Waals surface area contributed by atoms with E-state index in [9.17, 15) is 4.79 Å². The number of carbonyl (C=O) groups is 1. The molecule has 0 aromatic carbocycles. The van der Waals surface area contributed by atoms with Crippen LogP contribution >= 0.6 is 11.3 Å². The molecule has 1 aliphatic heterocycles. The Morgan fingerprint density at radius 1 is 1.40 bits per heavy atom. The standard InChI is InChI=1S/C13H23N5OS/c1-3-6-14-13-17-16-12(20-13)9-18-7-4-11(5-8-18)15-10(2)19/h11H,3-9H2,1-2H3,(H,14,17)(H,15,19). The van der Waals surface area contributed by atoms with Crippen molar-refractivity contribution >= 4 is 22.4 Å². The number of anilines is 1. The number of carbonyl (C=O) groups excluding carboxylic acids is 1. The third kappa shape index (κ3) is 4.72. The summed E-state index contributed by atoms with van der Waals surface area (Å²) in [4.78, 5) is 13.4. The summed E-state index contributed by atoms with van der Waals surface area (Å²) in [7, 11) is 0. The molecule has 1 aromatic heterocycles. The zero-order chi connectivity index (χ0) is 14.4. The molecule has 1 aliphatic rings. The van der Waals surface area contributed by atoms with Gasteiger partial charge in [0.1, 0.15) is 5.01 Å². The maximum atomic E-state index is 11.0. The summed E-state index contributed by atoms with van der Waals surface area (Å²) in [6.45, 7) is 7.52. The number of hydrogen-bond acceptors (Lipinski definition) is 6. The first kappa shape index (κ1) is 15.2. The summed E-state index contributed by atoms with van der Waals surface area (Å²) in [6.07, 6.45) is 3.12. The molecule has 20 heavy (non-hydrogen) atoms. The molecule has 2 rings (SSSR count). The molecule has 112 valence electrons. The molecule has 2 heterocycles. The first-order chi connectivity index (χ1) is 9.67. The van der Waals surface area contributed by atoms with Crippen LogP contribution in [0.4, 0.5) is 5.13 Å². The fourth-order valence-electron chi connectivity index (χ4n) is 2.34. The normalized spacial score (nSPS) is 17.1. The van der Waals surface area contributed by atoms with Gasteiger partial charge in [-0.2, -0.15) is 0 Å². The average molecular weight is 297 g/mol. The van der Waals surface area contributed by atoms with E-state index in [0.717, 1.165) is 55.6 Å². The molecule has 1 fully saturated rings. The van der Waals surface area contributed by atoms with Crippen molar-refractivity contribution in [1.29, 1.82) is 0 Å². The number of hydrogen-bond donors (Lipinski definition) is 2. The van der Waals surface area contributed by atoms with E-state index in [-0.39, 0.29) is 5.91 Å². The van der Waals surface area contributed by atoms with Gasteiger partial charge in [-0.3, -0.25) is 9.69 Å². The van der Waals surface area contributed by atoms with Crippen LogP contribution in [0.2, 0.25) is 0 Å². The van der Waals surface area contributed by atoms with Crippen LogP contribution in [0.5, 0.6) is 0 Å². The summed E-state index contributed by atoms with van der Waals surface area (Å²) in [6, 6.07) is 0.333. The van der Waals surface area contributed by atoms with Crippen molar-refractivity contribution in [2.75, 3.05) is 25.0 Å². The summed E-state index contributed by atoms with van der Waals surface area (Å²) in [5, 5.41) is 16.6. The number of nitrogens with zero attached hydrogens (tertiary/aromatic N) is 3. The topological polar surface area (TPSA) is 70.2 Å². The Labute approximate surface area is 124 Å². The molecule has 2 N–H and O–H groups in total. The minimum absolute atomic E-state index is 0.0687. The molecule has 0 aliphatic carbocycles. The van der Waals surface area contributed by atoms with Gasteiger partial charge >= 0.3 is 0 Å². The van der Waals surface area contributed by atoms with E-state index < -0.39 is 0 Å². The first-order valence-electron chi connectivity index (χ1n) is 7.23. The fraction of sp³-hybridized carbons (Fsp3) is 0.769. The lowest BCUT2D eigenvalue weighted by molar-refractivity contribution is -0.119. The molecule has 0 unspecified atom stereocenters. The highest BCUT2D eigenvalue weighted by Crippen LogP contribution is 2.19. The second-order valence-electron chi connectivity index (χ2n) is 5.18. The minimum Gasteiger partial charge on any atom is -0.360 e.